The molecule has 2 rings (SSSR count). The van der Waals surface area contributed by atoms with Crippen LogP contribution in [-0.4, -0.2) is 23.4 Å². The van der Waals surface area contributed by atoms with Gasteiger partial charge in [0.1, 0.15) is 0 Å². The lowest BCUT2D eigenvalue weighted by Crippen LogP contribution is -2.42. The minimum Gasteiger partial charge on any atom is -0.381 e. The predicted octanol–water partition coefficient (Wildman–Crippen LogP) is 1.40. The van der Waals surface area contributed by atoms with Gasteiger partial charge in [-0.25, -0.2) is 0 Å². The summed E-state index contributed by atoms with van der Waals surface area (Å²) in [5.41, 5.74) is 5.73. The van der Waals surface area contributed by atoms with Gasteiger partial charge >= 0.3 is 0 Å². The Labute approximate surface area is 95.3 Å². The number of hydrogen-bond acceptors (Lipinski definition) is 5. The van der Waals surface area contributed by atoms with E-state index in [9.17, 15) is 0 Å². The number of nitrogens with zero attached hydrogens (tertiary/aromatic N) is 2. The fraction of sp³-hybridized carbons (Fsp3) is 0.818. The molecule has 1 aliphatic heterocycles. The van der Waals surface area contributed by atoms with Crippen LogP contribution in [-0.2, 0) is 10.3 Å². The van der Waals surface area contributed by atoms with Crippen molar-refractivity contribution in [2.75, 3.05) is 13.2 Å². The van der Waals surface area contributed by atoms with Gasteiger partial charge in [-0.1, -0.05) is 19.0 Å². The third-order valence-corrected chi connectivity index (χ3v) is 3.20. The molecule has 0 aromatic carbocycles. The summed E-state index contributed by atoms with van der Waals surface area (Å²) in [6.07, 6.45) is 0.957. The number of hydrogen-bond donors (Lipinski definition) is 1. The summed E-state index contributed by atoms with van der Waals surface area (Å²) in [6.45, 7) is 7.43. The van der Waals surface area contributed by atoms with E-state index in [2.05, 4.69) is 10.1 Å². The highest BCUT2D eigenvalue weighted by Crippen LogP contribution is 2.31. The predicted molar refractivity (Wildman–Crippen MR) is 58.9 cm³/mol. The third kappa shape index (κ3) is 1.97. The molecule has 16 heavy (non-hydrogen) atoms. The smallest absolute Gasteiger partial charge is 0.229 e. The summed E-state index contributed by atoms with van der Waals surface area (Å²) < 4.78 is 10.5. The van der Waals surface area contributed by atoms with Crippen molar-refractivity contribution in [3.05, 3.63) is 11.7 Å². The Balaban J connectivity index is 2.20. The highest BCUT2D eigenvalue weighted by atomic mass is 16.5. The van der Waals surface area contributed by atoms with E-state index in [1.54, 1.807) is 0 Å². The standard InChI is InChI=1S/C11H19N3O2/c1-7(2)9-13-10(14-16-9)11(3,12)8-4-5-15-6-8/h7-8H,4-6,12H2,1-3H3. The van der Waals surface area contributed by atoms with Crippen LogP contribution in [0.1, 0.15) is 44.8 Å². The molecule has 5 heteroatoms. The molecule has 5 nitrogen and oxygen atoms in total. The maximum absolute atomic E-state index is 6.29. The Kier molecular flexibility index (Phi) is 2.99. The van der Waals surface area contributed by atoms with Crippen molar-refractivity contribution < 1.29 is 9.26 Å². The van der Waals surface area contributed by atoms with Gasteiger partial charge in [0.25, 0.3) is 0 Å². The highest BCUT2D eigenvalue weighted by Gasteiger charge is 2.38. The fourth-order valence-electron chi connectivity index (χ4n) is 1.88. The normalized spacial score (nSPS) is 24.9. The van der Waals surface area contributed by atoms with Gasteiger partial charge in [-0.2, -0.15) is 4.98 Å². The van der Waals surface area contributed by atoms with Crippen LogP contribution in [0.5, 0.6) is 0 Å². The molecule has 1 aromatic heterocycles. The van der Waals surface area contributed by atoms with E-state index >= 15 is 0 Å². The second-order valence-electron chi connectivity index (χ2n) is 4.95. The Morgan fingerprint density at radius 1 is 1.50 bits per heavy atom. The van der Waals surface area contributed by atoms with Crippen LogP contribution in [0.15, 0.2) is 4.52 Å². The van der Waals surface area contributed by atoms with Crippen molar-refractivity contribution in [1.29, 1.82) is 0 Å². The van der Waals surface area contributed by atoms with E-state index in [1.807, 2.05) is 20.8 Å². The molecule has 1 aromatic rings. The van der Waals surface area contributed by atoms with E-state index in [0.717, 1.165) is 13.0 Å². The zero-order valence-electron chi connectivity index (χ0n) is 10.1. The van der Waals surface area contributed by atoms with Gasteiger partial charge in [-0.3, -0.25) is 0 Å². The Hall–Kier alpha value is -0.940. The minimum atomic E-state index is -0.562. The first-order chi connectivity index (χ1) is 7.51. The van der Waals surface area contributed by atoms with Crippen molar-refractivity contribution >= 4 is 0 Å². The molecule has 0 bridgehead atoms. The number of aromatic nitrogens is 2. The lowest BCUT2D eigenvalue weighted by Gasteiger charge is -2.26. The molecule has 0 amide bonds. The average Bonchev–Trinajstić information content (AvgIpc) is 2.90. The monoisotopic (exact) mass is 225 g/mol. The molecule has 2 unspecified atom stereocenters. The molecule has 2 N–H and O–H groups in total. The summed E-state index contributed by atoms with van der Waals surface area (Å²) in [7, 11) is 0. The van der Waals surface area contributed by atoms with Crippen LogP contribution in [0.25, 0.3) is 0 Å². The summed E-state index contributed by atoms with van der Waals surface area (Å²) in [4.78, 5) is 4.37. The lowest BCUT2D eigenvalue weighted by molar-refractivity contribution is 0.163. The fourth-order valence-corrected chi connectivity index (χ4v) is 1.88. The van der Waals surface area contributed by atoms with Crippen LogP contribution in [0.3, 0.4) is 0 Å². The van der Waals surface area contributed by atoms with Crippen LogP contribution in [0, 0.1) is 5.92 Å². The van der Waals surface area contributed by atoms with Gasteiger partial charge in [0.05, 0.1) is 12.1 Å². The molecule has 2 atom stereocenters. The SMILES string of the molecule is CC(C)c1nc(C(C)(N)C2CCOC2)no1. The average molecular weight is 225 g/mol. The van der Waals surface area contributed by atoms with Gasteiger partial charge in [-0.15, -0.1) is 0 Å². The van der Waals surface area contributed by atoms with Crippen molar-refractivity contribution in [1.82, 2.24) is 10.1 Å². The maximum Gasteiger partial charge on any atom is 0.229 e. The first-order valence-corrected chi connectivity index (χ1v) is 5.72. The molecule has 0 saturated carbocycles. The topological polar surface area (TPSA) is 74.2 Å². The van der Waals surface area contributed by atoms with Gasteiger partial charge in [0.15, 0.2) is 5.82 Å². The molecule has 1 aliphatic rings. The van der Waals surface area contributed by atoms with E-state index < -0.39 is 5.54 Å². The van der Waals surface area contributed by atoms with Gasteiger partial charge in [0, 0.05) is 18.4 Å². The Bertz CT molecular complexity index is 354. The molecule has 0 aliphatic carbocycles. The zero-order chi connectivity index (χ0) is 11.8. The third-order valence-electron chi connectivity index (χ3n) is 3.20. The second-order valence-corrected chi connectivity index (χ2v) is 4.95. The van der Waals surface area contributed by atoms with Crippen LogP contribution in [0.2, 0.25) is 0 Å². The van der Waals surface area contributed by atoms with Gasteiger partial charge in [-0.05, 0) is 13.3 Å². The van der Waals surface area contributed by atoms with Crippen molar-refractivity contribution in [3.8, 4) is 0 Å². The van der Waals surface area contributed by atoms with E-state index in [0.29, 0.717) is 18.3 Å². The molecular formula is C11H19N3O2. The number of ether oxygens (including phenoxy) is 1. The lowest BCUT2D eigenvalue weighted by atomic mass is 9.85. The summed E-state index contributed by atoms with van der Waals surface area (Å²) in [5.74, 6) is 1.74. The highest BCUT2D eigenvalue weighted by molar-refractivity contribution is 5.06. The molecule has 1 saturated heterocycles. The van der Waals surface area contributed by atoms with Crippen LogP contribution < -0.4 is 5.73 Å². The maximum atomic E-state index is 6.29. The molecule has 2 heterocycles. The number of rotatable bonds is 3. The van der Waals surface area contributed by atoms with Crippen LogP contribution >= 0.6 is 0 Å². The Morgan fingerprint density at radius 3 is 2.75 bits per heavy atom. The summed E-state index contributed by atoms with van der Waals surface area (Å²) in [5, 5.41) is 3.99. The van der Waals surface area contributed by atoms with Crippen molar-refractivity contribution in [2.45, 2.75) is 38.6 Å². The van der Waals surface area contributed by atoms with Crippen LogP contribution in [0.4, 0.5) is 0 Å². The summed E-state index contributed by atoms with van der Waals surface area (Å²) in [6, 6.07) is 0. The first-order valence-electron chi connectivity index (χ1n) is 5.72. The Morgan fingerprint density at radius 2 is 2.25 bits per heavy atom. The van der Waals surface area contributed by atoms with Gasteiger partial charge in [0.2, 0.25) is 5.89 Å². The van der Waals surface area contributed by atoms with Gasteiger partial charge < -0.3 is 15.0 Å². The molecular weight excluding hydrogens is 206 g/mol. The zero-order valence-corrected chi connectivity index (χ0v) is 10.1. The summed E-state index contributed by atoms with van der Waals surface area (Å²) >= 11 is 0. The van der Waals surface area contributed by atoms with Crippen molar-refractivity contribution in [3.63, 3.8) is 0 Å². The number of nitrogens with two attached hydrogens (primary N) is 1. The van der Waals surface area contributed by atoms with E-state index in [1.165, 1.54) is 0 Å². The van der Waals surface area contributed by atoms with E-state index in [4.69, 9.17) is 15.0 Å². The molecule has 0 spiro atoms. The second kappa shape index (κ2) is 4.14. The first kappa shape index (κ1) is 11.5. The minimum absolute atomic E-state index is 0.233. The van der Waals surface area contributed by atoms with Crippen molar-refractivity contribution in [2.24, 2.45) is 11.7 Å². The largest absolute Gasteiger partial charge is 0.381 e. The molecule has 90 valence electrons. The molecule has 0 radical (unpaired) electrons. The van der Waals surface area contributed by atoms with E-state index in [-0.39, 0.29) is 11.8 Å². The quantitative estimate of drug-likeness (QED) is 0.841. The molecule has 1 fully saturated rings.